The lowest BCUT2D eigenvalue weighted by atomic mass is 10.1. The molecule has 0 atom stereocenters. The Morgan fingerprint density at radius 3 is 2.40 bits per heavy atom. The zero-order valence-corrected chi connectivity index (χ0v) is 8.10. The second-order valence-corrected chi connectivity index (χ2v) is 2.80. The average molecular weight is 209 g/mol. The number of carbonyl (C=O) groups excluding carboxylic acids is 1. The lowest BCUT2D eigenvalue weighted by molar-refractivity contribution is 0.1000. The van der Waals surface area contributed by atoms with Gasteiger partial charge in [-0.1, -0.05) is 5.16 Å². The molecule has 6 nitrogen and oxygen atoms in total. The first-order chi connectivity index (χ1) is 7.08. The third kappa shape index (κ3) is 2.37. The summed E-state index contributed by atoms with van der Waals surface area (Å²) in [6.45, 7) is 0. The van der Waals surface area contributed by atoms with E-state index in [1.54, 1.807) is 0 Å². The van der Waals surface area contributed by atoms with Gasteiger partial charge in [-0.3, -0.25) is 4.79 Å². The van der Waals surface area contributed by atoms with E-state index in [4.69, 9.17) is 21.4 Å². The van der Waals surface area contributed by atoms with E-state index >= 15 is 0 Å². The van der Waals surface area contributed by atoms with Crippen molar-refractivity contribution >= 4 is 11.7 Å². The minimum atomic E-state index is -0.610. The van der Waals surface area contributed by atoms with Gasteiger partial charge in [0.25, 0.3) is 0 Å². The third-order valence-electron chi connectivity index (χ3n) is 1.83. The Kier molecular flexibility index (Phi) is 3.12. The third-order valence-corrected chi connectivity index (χ3v) is 1.83. The molecule has 15 heavy (non-hydrogen) atoms. The lowest BCUT2D eigenvalue weighted by Gasteiger charge is -2.05. The Labute approximate surface area is 86.1 Å². The van der Waals surface area contributed by atoms with Crippen LogP contribution in [0.15, 0.2) is 23.4 Å². The van der Waals surface area contributed by atoms with Gasteiger partial charge in [0.2, 0.25) is 5.91 Å². The highest BCUT2D eigenvalue weighted by Gasteiger charge is 2.08. The molecule has 1 aromatic rings. The number of rotatable bonds is 3. The summed E-state index contributed by atoms with van der Waals surface area (Å²) >= 11 is 0. The molecule has 6 heteroatoms. The van der Waals surface area contributed by atoms with Crippen molar-refractivity contribution in [2.45, 2.75) is 0 Å². The highest BCUT2D eigenvalue weighted by atomic mass is 16.5. The fourth-order valence-electron chi connectivity index (χ4n) is 1.06. The molecule has 0 saturated heterocycles. The monoisotopic (exact) mass is 209 g/mol. The van der Waals surface area contributed by atoms with Crippen LogP contribution in [-0.2, 0) is 0 Å². The molecular formula is C9H11N3O3. The van der Waals surface area contributed by atoms with Crippen LogP contribution in [0.1, 0.15) is 15.9 Å². The molecular weight excluding hydrogens is 198 g/mol. The molecule has 0 saturated carbocycles. The number of nitrogens with two attached hydrogens (primary N) is 2. The fourth-order valence-corrected chi connectivity index (χ4v) is 1.06. The first-order valence-electron chi connectivity index (χ1n) is 4.05. The first-order valence-corrected chi connectivity index (χ1v) is 4.05. The number of ether oxygens (including phenoxy) is 1. The number of benzene rings is 1. The fraction of sp³-hybridized carbons (Fsp3) is 0.111. The van der Waals surface area contributed by atoms with Crippen LogP contribution < -0.4 is 16.2 Å². The van der Waals surface area contributed by atoms with Crippen LogP contribution in [0.3, 0.4) is 0 Å². The number of amidine groups is 1. The van der Waals surface area contributed by atoms with E-state index in [1.807, 2.05) is 0 Å². The molecule has 0 fully saturated rings. The molecule has 1 rings (SSSR count). The van der Waals surface area contributed by atoms with Crippen LogP contribution in [0.4, 0.5) is 0 Å². The van der Waals surface area contributed by atoms with E-state index in [0.29, 0.717) is 11.3 Å². The number of carbonyl (C=O) groups is 1. The number of amides is 1. The second kappa shape index (κ2) is 4.32. The van der Waals surface area contributed by atoms with Gasteiger partial charge in [-0.15, -0.1) is 0 Å². The average Bonchev–Trinajstić information content (AvgIpc) is 2.27. The Hall–Kier alpha value is -2.24. The maximum Gasteiger partial charge on any atom is 0.248 e. The SMILES string of the molecule is COc1cc(C(N)=O)cc(/C(N)=N/O)c1. The Balaban J connectivity index is 3.29. The Morgan fingerprint density at radius 1 is 1.33 bits per heavy atom. The van der Waals surface area contributed by atoms with Crippen molar-refractivity contribution < 1.29 is 14.7 Å². The summed E-state index contributed by atoms with van der Waals surface area (Å²) < 4.78 is 4.94. The summed E-state index contributed by atoms with van der Waals surface area (Å²) in [5.41, 5.74) is 11.1. The summed E-state index contributed by atoms with van der Waals surface area (Å²) in [6.07, 6.45) is 0. The number of oxime groups is 1. The topological polar surface area (TPSA) is 111 Å². The van der Waals surface area contributed by atoms with Crippen LogP contribution in [0.2, 0.25) is 0 Å². The van der Waals surface area contributed by atoms with Crippen LogP contribution >= 0.6 is 0 Å². The highest BCUT2D eigenvalue weighted by molar-refractivity contribution is 6.01. The molecule has 0 unspecified atom stereocenters. The number of methoxy groups -OCH3 is 1. The quantitative estimate of drug-likeness (QED) is 0.279. The van der Waals surface area contributed by atoms with E-state index in [0.717, 1.165) is 0 Å². The van der Waals surface area contributed by atoms with Gasteiger partial charge in [0.1, 0.15) is 5.75 Å². The van der Waals surface area contributed by atoms with Crippen molar-refractivity contribution in [3.63, 3.8) is 0 Å². The zero-order valence-electron chi connectivity index (χ0n) is 8.10. The molecule has 0 aliphatic heterocycles. The molecule has 0 aromatic heterocycles. The molecule has 1 amide bonds. The van der Waals surface area contributed by atoms with Crippen LogP contribution in [0, 0.1) is 0 Å². The Bertz CT molecular complexity index is 415. The Morgan fingerprint density at radius 2 is 1.93 bits per heavy atom. The van der Waals surface area contributed by atoms with Gasteiger partial charge in [-0.2, -0.15) is 0 Å². The van der Waals surface area contributed by atoms with Gasteiger partial charge < -0.3 is 21.4 Å². The second-order valence-electron chi connectivity index (χ2n) is 2.80. The molecule has 0 aliphatic carbocycles. The van der Waals surface area contributed by atoms with Crippen molar-refractivity contribution in [2.75, 3.05) is 7.11 Å². The van der Waals surface area contributed by atoms with Crippen LogP contribution in [0.25, 0.3) is 0 Å². The van der Waals surface area contributed by atoms with Crippen LogP contribution in [-0.4, -0.2) is 24.1 Å². The van der Waals surface area contributed by atoms with Gasteiger partial charge in [-0.25, -0.2) is 0 Å². The molecule has 0 heterocycles. The smallest absolute Gasteiger partial charge is 0.248 e. The zero-order chi connectivity index (χ0) is 11.4. The molecule has 0 bridgehead atoms. The maximum absolute atomic E-state index is 11.0. The lowest BCUT2D eigenvalue weighted by Crippen LogP contribution is -2.16. The molecule has 0 aliphatic rings. The van der Waals surface area contributed by atoms with Gasteiger partial charge in [-0.05, 0) is 18.2 Å². The van der Waals surface area contributed by atoms with Crippen molar-refractivity contribution in [3.8, 4) is 5.75 Å². The molecule has 80 valence electrons. The van der Waals surface area contributed by atoms with Crippen LogP contribution in [0.5, 0.6) is 5.75 Å². The summed E-state index contributed by atoms with van der Waals surface area (Å²) in [4.78, 5) is 11.0. The van der Waals surface area contributed by atoms with Gasteiger partial charge in [0.05, 0.1) is 7.11 Å². The molecule has 5 N–H and O–H groups in total. The van der Waals surface area contributed by atoms with E-state index in [2.05, 4.69) is 5.16 Å². The predicted octanol–water partition coefficient (Wildman–Crippen LogP) is -0.111. The summed E-state index contributed by atoms with van der Waals surface area (Å²) in [5.74, 6) is -0.315. The van der Waals surface area contributed by atoms with Gasteiger partial charge in [0.15, 0.2) is 5.84 Å². The van der Waals surface area contributed by atoms with Gasteiger partial charge >= 0.3 is 0 Å². The molecule has 0 radical (unpaired) electrons. The largest absolute Gasteiger partial charge is 0.497 e. The van der Waals surface area contributed by atoms with Crippen molar-refractivity contribution in [3.05, 3.63) is 29.3 Å². The summed E-state index contributed by atoms with van der Waals surface area (Å²) in [5, 5.41) is 11.3. The molecule has 1 aromatic carbocycles. The number of nitrogens with zero attached hydrogens (tertiary/aromatic N) is 1. The molecule has 0 spiro atoms. The van der Waals surface area contributed by atoms with Crippen molar-refractivity contribution in [2.24, 2.45) is 16.6 Å². The van der Waals surface area contributed by atoms with E-state index in [9.17, 15) is 4.79 Å². The van der Waals surface area contributed by atoms with Crippen molar-refractivity contribution in [1.29, 1.82) is 0 Å². The summed E-state index contributed by atoms with van der Waals surface area (Å²) in [7, 11) is 1.44. The summed E-state index contributed by atoms with van der Waals surface area (Å²) in [6, 6.07) is 4.41. The maximum atomic E-state index is 11.0. The van der Waals surface area contributed by atoms with E-state index < -0.39 is 5.91 Å². The number of primary amides is 1. The highest BCUT2D eigenvalue weighted by Crippen LogP contribution is 2.16. The predicted molar refractivity (Wildman–Crippen MR) is 54.0 cm³/mol. The van der Waals surface area contributed by atoms with Crippen molar-refractivity contribution in [1.82, 2.24) is 0 Å². The number of hydrogen-bond donors (Lipinski definition) is 3. The normalized spacial score (nSPS) is 11.1. The minimum Gasteiger partial charge on any atom is -0.497 e. The van der Waals surface area contributed by atoms with Gasteiger partial charge in [0, 0.05) is 11.1 Å². The first kappa shape index (κ1) is 10.8. The standard InChI is InChI=1S/C9H11N3O3/c1-15-7-3-5(8(10)12-14)2-6(4-7)9(11)13/h2-4,14H,1H3,(H2,10,12)(H2,11,13). The van der Waals surface area contributed by atoms with E-state index in [1.165, 1.54) is 25.3 Å². The number of hydrogen-bond acceptors (Lipinski definition) is 4. The van der Waals surface area contributed by atoms with E-state index in [-0.39, 0.29) is 11.4 Å². The minimum absolute atomic E-state index is 0.114.